The number of hydrogen-bond donors (Lipinski definition) is 0. The molecule has 132 valence electrons. The maximum absolute atomic E-state index is 4.46. The fraction of sp³-hybridized carbons (Fsp3) is 0.500. The minimum atomic E-state index is 0.651. The lowest BCUT2D eigenvalue weighted by Crippen LogP contribution is -2.37. The third kappa shape index (κ3) is 3.30. The van der Waals surface area contributed by atoms with Crippen molar-refractivity contribution >= 4 is 5.69 Å². The number of likely N-dealkylation sites (tertiary alicyclic amines) is 1. The number of rotatable bonds is 3. The van der Waals surface area contributed by atoms with E-state index in [4.69, 9.17) is 0 Å². The Bertz CT molecular complexity index is 737. The van der Waals surface area contributed by atoms with Crippen molar-refractivity contribution in [3.63, 3.8) is 0 Å². The number of anilines is 1. The lowest BCUT2D eigenvalue weighted by Gasteiger charge is -2.29. The molecule has 0 aliphatic carbocycles. The standard InChI is InChI=1S/C22H29N3/c1-16-6-9-22-19(13-16)20-15-24(3)11-4-5-21(20)25(22)12-10-18-8-7-17(2)23-14-18/h6-9,13-14,20-21H,4-5,10-12,15H2,1-3H3/t20?,21-/m0/s1. The van der Waals surface area contributed by atoms with Gasteiger partial charge in [0.15, 0.2) is 0 Å². The number of benzene rings is 1. The first-order valence-corrected chi connectivity index (χ1v) is 9.59. The van der Waals surface area contributed by atoms with Crippen molar-refractivity contribution in [2.24, 2.45) is 0 Å². The second kappa shape index (κ2) is 6.80. The normalized spacial score (nSPS) is 23.2. The zero-order chi connectivity index (χ0) is 17.4. The average molecular weight is 335 g/mol. The molecule has 0 spiro atoms. The van der Waals surface area contributed by atoms with Gasteiger partial charge in [0.05, 0.1) is 0 Å². The Morgan fingerprint density at radius 1 is 1.16 bits per heavy atom. The molecule has 3 heteroatoms. The van der Waals surface area contributed by atoms with Gasteiger partial charge in [-0.1, -0.05) is 23.8 Å². The van der Waals surface area contributed by atoms with Crippen LogP contribution >= 0.6 is 0 Å². The van der Waals surface area contributed by atoms with Crippen molar-refractivity contribution in [3.05, 3.63) is 58.9 Å². The Kier molecular flexibility index (Phi) is 4.51. The second-order valence-corrected chi connectivity index (χ2v) is 7.89. The summed E-state index contributed by atoms with van der Waals surface area (Å²) in [5, 5.41) is 0. The predicted molar refractivity (Wildman–Crippen MR) is 104 cm³/mol. The van der Waals surface area contributed by atoms with Gasteiger partial charge in [-0.15, -0.1) is 0 Å². The van der Waals surface area contributed by atoms with Gasteiger partial charge in [-0.05, 0) is 70.0 Å². The highest BCUT2D eigenvalue weighted by atomic mass is 15.2. The summed E-state index contributed by atoms with van der Waals surface area (Å²) in [6, 6.07) is 12.1. The zero-order valence-corrected chi connectivity index (χ0v) is 15.7. The number of nitrogens with zero attached hydrogens (tertiary/aromatic N) is 3. The molecule has 4 rings (SSSR count). The van der Waals surface area contributed by atoms with Gasteiger partial charge < -0.3 is 9.80 Å². The molecule has 2 aliphatic heterocycles. The van der Waals surface area contributed by atoms with Crippen molar-refractivity contribution in [1.29, 1.82) is 0 Å². The van der Waals surface area contributed by atoms with Gasteiger partial charge >= 0.3 is 0 Å². The maximum Gasteiger partial charge on any atom is 0.0405 e. The molecule has 0 N–H and O–H groups in total. The van der Waals surface area contributed by atoms with E-state index in [1.807, 2.05) is 6.20 Å². The first kappa shape index (κ1) is 16.6. The summed E-state index contributed by atoms with van der Waals surface area (Å²) in [5.74, 6) is 0.651. The molecule has 25 heavy (non-hydrogen) atoms. The van der Waals surface area contributed by atoms with E-state index in [0.29, 0.717) is 12.0 Å². The van der Waals surface area contributed by atoms with Crippen LogP contribution in [0.2, 0.25) is 0 Å². The second-order valence-electron chi connectivity index (χ2n) is 7.89. The van der Waals surface area contributed by atoms with Crippen LogP contribution in [0.4, 0.5) is 5.69 Å². The van der Waals surface area contributed by atoms with E-state index < -0.39 is 0 Å². The molecule has 1 aromatic heterocycles. The van der Waals surface area contributed by atoms with Crippen LogP contribution in [0.25, 0.3) is 0 Å². The van der Waals surface area contributed by atoms with E-state index in [0.717, 1.165) is 18.7 Å². The summed E-state index contributed by atoms with van der Waals surface area (Å²) in [4.78, 5) is 9.67. The molecule has 1 fully saturated rings. The number of hydrogen-bond acceptors (Lipinski definition) is 3. The first-order valence-electron chi connectivity index (χ1n) is 9.59. The summed E-state index contributed by atoms with van der Waals surface area (Å²) in [6.07, 6.45) is 5.71. The number of pyridine rings is 1. The minimum Gasteiger partial charge on any atom is -0.367 e. The number of aryl methyl sites for hydroxylation is 2. The smallest absolute Gasteiger partial charge is 0.0405 e. The SMILES string of the molecule is Cc1ccc2c(c1)C1CN(C)CCC[C@@H]1N2CCc1ccc(C)nc1. The fourth-order valence-electron chi connectivity index (χ4n) is 4.59. The molecule has 1 unspecified atom stereocenters. The Hall–Kier alpha value is -1.87. The van der Waals surface area contributed by atoms with Crippen LogP contribution in [0.5, 0.6) is 0 Å². The molecule has 0 radical (unpaired) electrons. The van der Waals surface area contributed by atoms with E-state index in [2.05, 4.69) is 66.0 Å². The van der Waals surface area contributed by atoms with Crippen LogP contribution in [0.15, 0.2) is 36.5 Å². The van der Waals surface area contributed by atoms with E-state index >= 15 is 0 Å². The summed E-state index contributed by atoms with van der Waals surface area (Å²) < 4.78 is 0. The highest BCUT2D eigenvalue weighted by Gasteiger charge is 2.39. The van der Waals surface area contributed by atoms with Crippen LogP contribution in [-0.2, 0) is 6.42 Å². The van der Waals surface area contributed by atoms with Gasteiger partial charge in [-0.3, -0.25) is 4.98 Å². The molecule has 1 aromatic carbocycles. The Morgan fingerprint density at radius 2 is 2.04 bits per heavy atom. The monoisotopic (exact) mass is 335 g/mol. The van der Waals surface area contributed by atoms with Crippen LogP contribution in [-0.4, -0.2) is 42.6 Å². The summed E-state index contributed by atoms with van der Waals surface area (Å²) in [7, 11) is 2.28. The third-order valence-electron chi connectivity index (χ3n) is 5.92. The van der Waals surface area contributed by atoms with Crippen molar-refractivity contribution in [2.45, 2.75) is 45.1 Å². The number of likely N-dealkylation sites (N-methyl/N-ethyl adjacent to an activating group) is 1. The van der Waals surface area contributed by atoms with Crippen molar-refractivity contribution < 1.29 is 0 Å². The molecule has 3 nitrogen and oxygen atoms in total. The largest absolute Gasteiger partial charge is 0.367 e. The van der Waals surface area contributed by atoms with Gasteiger partial charge in [0, 0.05) is 42.6 Å². The Balaban J connectivity index is 1.60. The van der Waals surface area contributed by atoms with E-state index in [9.17, 15) is 0 Å². The van der Waals surface area contributed by atoms with Crippen molar-refractivity contribution in [2.75, 3.05) is 31.6 Å². The Morgan fingerprint density at radius 3 is 2.84 bits per heavy atom. The van der Waals surface area contributed by atoms with Gasteiger partial charge in [-0.25, -0.2) is 0 Å². The van der Waals surface area contributed by atoms with Gasteiger partial charge in [0.1, 0.15) is 0 Å². The minimum absolute atomic E-state index is 0.651. The summed E-state index contributed by atoms with van der Waals surface area (Å²) >= 11 is 0. The molecule has 0 amide bonds. The maximum atomic E-state index is 4.46. The van der Waals surface area contributed by atoms with Crippen LogP contribution in [0, 0.1) is 13.8 Å². The quantitative estimate of drug-likeness (QED) is 0.847. The molecular weight excluding hydrogens is 306 g/mol. The highest BCUT2D eigenvalue weighted by Crippen LogP contribution is 2.44. The fourth-order valence-corrected chi connectivity index (χ4v) is 4.59. The predicted octanol–water partition coefficient (Wildman–Crippen LogP) is 3.94. The molecule has 1 saturated heterocycles. The molecule has 2 aliphatic rings. The third-order valence-corrected chi connectivity index (χ3v) is 5.92. The van der Waals surface area contributed by atoms with Crippen LogP contribution < -0.4 is 4.90 Å². The molecule has 2 atom stereocenters. The van der Waals surface area contributed by atoms with Gasteiger partial charge in [0.25, 0.3) is 0 Å². The molecule has 3 heterocycles. The molecular formula is C22H29N3. The molecule has 0 saturated carbocycles. The molecule has 2 aromatic rings. The van der Waals surface area contributed by atoms with Crippen molar-refractivity contribution in [1.82, 2.24) is 9.88 Å². The van der Waals surface area contributed by atoms with Gasteiger partial charge in [-0.2, -0.15) is 0 Å². The first-order chi connectivity index (χ1) is 12.1. The van der Waals surface area contributed by atoms with Gasteiger partial charge in [0.2, 0.25) is 0 Å². The number of aromatic nitrogens is 1. The van der Waals surface area contributed by atoms with E-state index in [1.165, 1.54) is 42.7 Å². The average Bonchev–Trinajstić information content (AvgIpc) is 2.74. The highest BCUT2D eigenvalue weighted by molar-refractivity contribution is 5.63. The van der Waals surface area contributed by atoms with Crippen LogP contribution in [0.3, 0.4) is 0 Å². The Labute approximate surface area is 151 Å². The lowest BCUT2D eigenvalue weighted by atomic mass is 9.92. The van der Waals surface area contributed by atoms with E-state index in [1.54, 1.807) is 5.56 Å². The molecule has 0 bridgehead atoms. The summed E-state index contributed by atoms with van der Waals surface area (Å²) in [5.41, 5.74) is 6.86. The van der Waals surface area contributed by atoms with E-state index in [-0.39, 0.29) is 0 Å². The topological polar surface area (TPSA) is 19.4 Å². The zero-order valence-electron chi connectivity index (χ0n) is 15.7. The summed E-state index contributed by atoms with van der Waals surface area (Å²) in [6.45, 7) is 7.77. The van der Waals surface area contributed by atoms with Crippen molar-refractivity contribution in [3.8, 4) is 0 Å². The lowest BCUT2D eigenvalue weighted by molar-refractivity contribution is 0.330. The van der Waals surface area contributed by atoms with Crippen LogP contribution in [0.1, 0.15) is 41.1 Å². The number of fused-ring (bicyclic) bond motifs is 3.